The van der Waals surface area contributed by atoms with Crippen LogP contribution in [0.4, 0.5) is 11.5 Å². The Balaban J connectivity index is 1.31. The van der Waals surface area contributed by atoms with Gasteiger partial charge in [0.1, 0.15) is 18.5 Å². The summed E-state index contributed by atoms with van der Waals surface area (Å²) in [5, 5.41) is 8.60. The van der Waals surface area contributed by atoms with E-state index in [4.69, 9.17) is 0 Å². The second kappa shape index (κ2) is 6.45. The molecule has 1 unspecified atom stereocenters. The molecular weight excluding hydrogens is 346 g/mol. The minimum absolute atomic E-state index is 0.183. The van der Waals surface area contributed by atoms with E-state index in [1.165, 1.54) is 6.33 Å². The quantitative estimate of drug-likeness (QED) is 0.675. The van der Waals surface area contributed by atoms with E-state index in [2.05, 4.69) is 30.0 Å². The average molecular weight is 365 g/mol. The van der Waals surface area contributed by atoms with Crippen molar-refractivity contribution < 1.29 is 4.79 Å². The molecule has 3 aromatic rings. The largest absolute Gasteiger partial charge is 0.353 e. The first-order valence-electron chi connectivity index (χ1n) is 9.04. The molecule has 3 aromatic heterocycles. The van der Waals surface area contributed by atoms with Crippen LogP contribution in [-0.4, -0.2) is 60.1 Å². The molecule has 2 aliphatic rings. The fourth-order valence-electron chi connectivity index (χ4n) is 3.69. The zero-order valence-corrected chi connectivity index (χ0v) is 14.7. The first-order chi connectivity index (χ1) is 13.3. The van der Waals surface area contributed by atoms with Gasteiger partial charge < -0.3 is 9.80 Å². The maximum absolute atomic E-state index is 11.9. The molecule has 0 N–H and O–H groups in total. The second-order valence-electron chi connectivity index (χ2n) is 6.79. The lowest BCUT2D eigenvalue weighted by Gasteiger charge is -2.18. The number of carbonyl (C=O) groups is 1. The van der Waals surface area contributed by atoms with E-state index in [1.54, 1.807) is 29.6 Å². The van der Waals surface area contributed by atoms with Gasteiger partial charge in [-0.25, -0.2) is 14.6 Å². The predicted molar refractivity (Wildman–Crippen MR) is 96.6 cm³/mol. The molecule has 0 saturated carbocycles. The summed E-state index contributed by atoms with van der Waals surface area (Å²) < 4.78 is 3.56. The minimum Gasteiger partial charge on any atom is -0.353 e. The van der Waals surface area contributed by atoms with E-state index in [0.717, 1.165) is 44.0 Å². The highest BCUT2D eigenvalue weighted by atomic mass is 16.2. The Morgan fingerprint density at radius 2 is 1.96 bits per heavy atom. The summed E-state index contributed by atoms with van der Waals surface area (Å²) in [6.07, 6.45) is 12.8. The lowest BCUT2D eigenvalue weighted by atomic mass is 10.3. The van der Waals surface area contributed by atoms with Crippen molar-refractivity contribution >= 4 is 17.4 Å². The van der Waals surface area contributed by atoms with Crippen molar-refractivity contribution in [3.05, 3.63) is 37.4 Å². The highest BCUT2D eigenvalue weighted by Crippen LogP contribution is 2.28. The normalized spacial score (nSPS) is 20.0. The summed E-state index contributed by atoms with van der Waals surface area (Å²) in [6.45, 7) is 2.45. The van der Waals surface area contributed by atoms with Gasteiger partial charge in [0, 0.05) is 32.3 Å². The minimum atomic E-state index is 0.183. The number of carbonyl (C=O) groups excluding carboxylic acids is 1. The van der Waals surface area contributed by atoms with Crippen molar-refractivity contribution in [3.8, 4) is 5.82 Å². The van der Waals surface area contributed by atoms with Crippen LogP contribution in [0, 0.1) is 0 Å². The van der Waals surface area contributed by atoms with Gasteiger partial charge in [0.2, 0.25) is 5.91 Å². The molecule has 1 atom stereocenters. The van der Waals surface area contributed by atoms with Crippen molar-refractivity contribution in [2.45, 2.75) is 25.3 Å². The maximum atomic E-state index is 11.9. The molecular formula is C17H19N9O. The van der Waals surface area contributed by atoms with E-state index >= 15 is 0 Å². The summed E-state index contributed by atoms with van der Waals surface area (Å²) >= 11 is 0. The van der Waals surface area contributed by atoms with Crippen LogP contribution in [0.3, 0.4) is 0 Å². The van der Waals surface area contributed by atoms with Gasteiger partial charge in [-0.1, -0.05) is 0 Å². The predicted octanol–water partition coefficient (Wildman–Crippen LogP) is 0.832. The van der Waals surface area contributed by atoms with Gasteiger partial charge in [0.15, 0.2) is 5.82 Å². The summed E-state index contributed by atoms with van der Waals surface area (Å²) in [4.78, 5) is 28.8. The van der Waals surface area contributed by atoms with Gasteiger partial charge in [-0.15, -0.1) is 0 Å². The fraction of sp³-hybridized carbons (Fsp3) is 0.412. The molecule has 10 heteroatoms. The van der Waals surface area contributed by atoms with E-state index in [1.807, 2.05) is 15.8 Å². The third-order valence-electron chi connectivity index (χ3n) is 5.10. The molecule has 0 bridgehead atoms. The smallest absolute Gasteiger partial charge is 0.227 e. The van der Waals surface area contributed by atoms with E-state index in [0.29, 0.717) is 12.2 Å². The Morgan fingerprint density at radius 3 is 2.78 bits per heavy atom. The number of hydrogen-bond donors (Lipinski definition) is 0. The molecule has 1 amide bonds. The van der Waals surface area contributed by atoms with Crippen LogP contribution in [0.25, 0.3) is 5.82 Å². The standard InChI is InChI=1S/C17H19N9O/c27-17-2-1-4-24(17)14-6-20-25(10-14)13-3-5-23(9-13)15-7-18-8-16(22-15)26-12-19-11-21-26/h6-8,10-13H,1-5,9H2. The van der Waals surface area contributed by atoms with Crippen molar-refractivity contribution in [1.82, 2.24) is 34.5 Å². The number of hydrogen-bond acceptors (Lipinski definition) is 7. The van der Waals surface area contributed by atoms with Crippen LogP contribution in [0.15, 0.2) is 37.4 Å². The van der Waals surface area contributed by atoms with Gasteiger partial charge in [0.25, 0.3) is 0 Å². The average Bonchev–Trinajstić information content (AvgIpc) is 3.47. The number of rotatable bonds is 4. The Hall–Kier alpha value is -3.30. The molecule has 2 aliphatic heterocycles. The molecule has 5 heterocycles. The van der Waals surface area contributed by atoms with Gasteiger partial charge >= 0.3 is 0 Å². The number of anilines is 2. The molecule has 27 heavy (non-hydrogen) atoms. The van der Waals surface area contributed by atoms with Crippen molar-refractivity contribution in [2.24, 2.45) is 0 Å². The third kappa shape index (κ3) is 2.92. The second-order valence-corrected chi connectivity index (χ2v) is 6.79. The monoisotopic (exact) mass is 365 g/mol. The Labute approximate surface area is 155 Å². The Bertz CT molecular complexity index is 951. The molecule has 2 saturated heterocycles. The molecule has 0 radical (unpaired) electrons. The lowest BCUT2D eigenvalue weighted by Crippen LogP contribution is -2.23. The molecule has 10 nitrogen and oxygen atoms in total. The zero-order valence-electron chi connectivity index (χ0n) is 14.7. The lowest BCUT2D eigenvalue weighted by molar-refractivity contribution is -0.117. The fourth-order valence-corrected chi connectivity index (χ4v) is 3.69. The molecule has 0 aliphatic carbocycles. The van der Waals surface area contributed by atoms with E-state index in [9.17, 15) is 4.79 Å². The van der Waals surface area contributed by atoms with Crippen LogP contribution in [0.5, 0.6) is 0 Å². The summed E-state index contributed by atoms with van der Waals surface area (Å²) in [6, 6.07) is 0.244. The SMILES string of the molecule is O=C1CCCN1c1cnn(C2CCN(c3cncc(-n4cncn4)n3)C2)c1. The van der Waals surface area contributed by atoms with Crippen molar-refractivity contribution in [2.75, 3.05) is 29.4 Å². The summed E-state index contributed by atoms with van der Waals surface area (Å²) in [5.41, 5.74) is 0.893. The zero-order chi connectivity index (χ0) is 18.2. The summed E-state index contributed by atoms with van der Waals surface area (Å²) in [7, 11) is 0. The Morgan fingerprint density at radius 1 is 1.04 bits per heavy atom. The van der Waals surface area contributed by atoms with Gasteiger partial charge in [-0.3, -0.25) is 14.5 Å². The number of nitrogens with zero attached hydrogens (tertiary/aromatic N) is 9. The first kappa shape index (κ1) is 15.9. The van der Waals surface area contributed by atoms with Crippen LogP contribution >= 0.6 is 0 Å². The van der Waals surface area contributed by atoms with Crippen LogP contribution in [0.2, 0.25) is 0 Å². The molecule has 0 spiro atoms. The van der Waals surface area contributed by atoms with Gasteiger partial charge in [-0.2, -0.15) is 10.2 Å². The molecule has 138 valence electrons. The van der Waals surface area contributed by atoms with Crippen molar-refractivity contribution in [3.63, 3.8) is 0 Å². The van der Waals surface area contributed by atoms with Crippen LogP contribution in [-0.2, 0) is 4.79 Å². The van der Waals surface area contributed by atoms with E-state index in [-0.39, 0.29) is 11.9 Å². The first-order valence-corrected chi connectivity index (χ1v) is 9.04. The Kier molecular flexibility index (Phi) is 3.80. The van der Waals surface area contributed by atoms with Gasteiger partial charge in [-0.05, 0) is 12.8 Å². The highest BCUT2D eigenvalue weighted by Gasteiger charge is 2.28. The molecule has 5 rings (SSSR count). The third-order valence-corrected chi connectivity index (χ3v) is 5.10. The van der Waals surface area contributed by atoms with E-state index < -0.39 is 0 Å². The number of aromatic nitrogens is 7. The van der Waals surface area contributed by atoms with Crippen molar-refractivity contribution in [1.29, 1.82) is 0 Å². The highest BCUT2D eigenvalue weighted by molar-refractivity contribution is 5.95. The van der Waals surface area contributed by atoms with Gasteiger partial charge in [0.05, 0.1) is 30.3 Å². The van der Waals surface area contributed by atoms with Crippen LogP contribution in [0.1, 0.15) is 25.3 Å². The maximum Gasteiger partial charge on any atom is 0.227 e. The number of amides is 1. The topological polar surface area (TPSA) is 97.9 Å². The molecule has 2 fully saturated rings. The van der Waals surface area contributed by atoms with Crippen LogP contribution < -0.4 is 9.80 Å². The molecule has 0 aromatic carbocycles. The summed E-state index contributed by atoms with van der Waals surface area (Å²) in [5.74, 6) is 1.64.